The topological polar surface area (TPSA) is 102 Å². The van der Waals surface area contributed by atoms with Crippen LogP contribution in [-0.4, -0.2) is 63.6 Å². The minimum atomic E-state index is -3.89. The minimum absolute atomic E-state index is 0.0532. The average Bonchev–Trinajstić information content (AvgIpc) is 3.01. The molecule has 0 atom stereocenters. The van der Waals surface area contributed by atoms with E-state index in [1.807, 2.05) is 0 Å². The molecule has 1 aromatic carbocycles. The monoisotopic (exact) mass is 442 g/mol. The zero-order chi connectivity index (χ0) is 21.6. The van der Waals surface area contributed by atoms with Crippen LogP contribution in [0.3, 0.4) is 0 Å². The molecular weight excluding hydrogens is 415 g/mol. The van der Waals surface area contributed by atoms with Crippen LogP contribution in [0.25, 0.3) is 0 Å². The maximum Gasteiger partial charge on any atom is 0.341 e. The molecule has 1 saturated carbocycles. The maximum atomic E-state index is 14.2. The van der Waals surface area contributed by atoms with Crippen molar-refractivity contribution in [3.05, 3.63) is 29.6 Å². The quantitative estimate of drug-likeness (QED) is 0.533. The Hall–Kier alpha value is -2.04. The van der Waals surface area contributed by atoms with Crippen molar-refractivity contribution in [2.45, 2.75) is 49.5 Å². The van der Waals surface area contributed by atoms with Crippen molar-refractivity contribution >= 4 is 21.9 Å². The minimum Gasteiger partial charge on any atom is -0.452 e. The van der Waals surface area contributed by atoms with Gasteiger partial charge in [-0.3, -0.25) is 4.79 Å². The molecule has 0 aromatic heterocycles. The molecule has 8 nitrogen and oxygen atoms in total. The third-order valence-corrected chi connectivity index (χ3v) is 7.21. The Morgan fingerprint density at radius 1 is 1.13 bits per heavy atom. The summed E-state index contributed by atoms with van der Waals surface area (Å²) in [5.74, 6) is -2.44. The fourth-order valence-corrected chi connectivity index (χ4v) is 5.09. The van der Waals surface area contributed by atoms with E-state index in [9.17, 15) is 22.4 Å². The van der Waals surface area contributed by atoms with Crippen molar-refractivity contribution in [1.82, 2.24) is 9.62 Å². The summed E-state index contributed by atoms with van der Waals surface area (Å²) < 4.78 is 50.9. The number of hydrogen-bond acceptors (Lipinski definition) is 6. The van der Waals surface area contributed by atoms with Gasteiger partial charge in [0, 0.05) is 19.1 Å². The molecule has 1 aromatic rings. The summed E-state index contributed by atoms with van der Waals surface area (Å²) in [5.41, 5.74) is -0.522. The number of ether oxygens (including phenoxy) is 2. The van der Waals surface area contributed by atoms with Crippen molar-refractivity contribution < 1.29 is 31.9 Å². The van der Waals surface area contributed by atoms with E-state index in [1.54, 1.807) is 0 Å². The molecule has 1 heterocycles. The van der Waals surface area contributed by atoms with Gasteiger partial charge in [-0.2, -0.15) is 4.31 Å². The Morgan fingerprint density at radius 2 is 1.80 bits per heavy atom. The Bertz CT molecular complexity index is 862. The standard InChI is InChI=1S/C20H27FN2O6S/c21-18-8-7-16(30(26,27)23-9-11-28-12-10-23)13-17(18)20(25)29-14-19(24)22-15-5-3-1-2-4-6-15/h7-8,13,15H,1-6,9-12,14H2,(H,22,24). The highest BCUT2D eigenvalue weighted by Gasteiger charge is 2.28. The van der Waals surface area contributed by atoms with Crippen LogP contribution >= 0.6 is 0 Å². The van der Waals surface area contributed by atoms with Crippen molar-refractivity contribution in [2.24, 2.45) is 0 Å². The highest BCUT2D eigenvalue weighted by atomic mass is 32.2. The van der Waals surface area contributed by atoms with Crippen molar-refractivity contribution in [3.63, 3.8) is 0 Å². The third-order valence-electron chi connectivity index (χ3n) is 5.32. The van der Waals surface area contributed by atoms with Gasteiger partial charge in [0.2, 0.25) is 10.0 Å². The largest absolute Gasteiger partial charge is 0.452 e. The van der Waals surface area contributed by atoms with Gasteiger partial charge >= 0.3 is 5.97 Å². The Labute approximate surface area is 175 Å². The highest BCUT2D eigenvalue weighted by Crippen LogP contribution is 2.21. The Kier molecular flexibility index (Phi) is 7.79. The molecule has 1 aliphatic heterocycles. The van der Waals surface area contributed by atoms with Gasteiger partial charge in [0.15, 0.2) is 6.61 Å². The smallest absolute Gasteiger partial charge is 0.341 e. The summed E-state index contributed by atoms with van der Waals surface area (Å²) in [4.78, 5) is 24.2. The van der Waals surface area contributed by atoms with Crippen LogP contribution in [0.2, 0.25) is 0 Å². The lowest BCUT2D eigenvalue weighted by Gasteiger charge is -2.26. The van der Waals surface area contributed by atoms with Crippen LogP contribution in [0.5, 0.6) is 0 Å². The van der Waals surface area contributed by atoms with Gasteiger partial charge in [0.05, 0.1) is 23.7 Å². The SMILES string of the molecule is O=C(COC(=O)c1cc(S(=O)(=O)N2CCOCC2)ccc1F)NC1CCCCCC1. The second-order valence-electron chi connectivity index (χ2n) is 7.49. The maximum absolute atomic E-state index is 14.2. The lowest BCUT2D eigenvalue weighted by molar-refractivity contribution is -0.125. The zero-order valence-electron chi connectivity index (χ0n) is 16.8. The van der Waals surface area contributed by atoms with Gasteiger partial charge in [-0.05, 0) is 31.0 Å². The molecule has 1 amide bonds. The number of sulfonamides is 1. The number of halogens is 1. The molecule has 0 unspecified atom stereocenters. The number of carbonyl (C=O) groups is 2. The Morgan fingerprint density at radius 3 is 2.47 bits per heavy atom. The van der Waals surface area contributed by atoms with Crippen LogP contribution in [0, 0.1) is 5.82 Å². The number of esters is 1. The molecule has 1 N–H and O–H groups in total. The Balaban J connectivity index is 1.62. The predicted octanol–water partition coefficient (Wildman–Crippen LogP) is 1.84. The zero-order valence-corrected chi connectivity index (χ0v) is 17.6. The van der Waals surface area contributed by atoms with Gasteiger partial charge in [-0.15, -0.1) is 0 Å². The summed E-state index contributed by atoms with van der Waals surface area (Å²) in [6.45, 7) is 0.355. The number of benzene rings is 1. The van der Waals surface area contributed by atoms with E-state index in [2.05, 4.69) is 5.32 Å². The van der Waals surface area contributed by atoms with E-state index in [0.29, 0.717) is 0 Å². The number of rotatable bonds is 6. The second kappa shape index (κ2) is 10.3. The van der Waals surface area contributed by atoms with E-state index < -0.39 is 39.9 Å². The van der Waals surface area contributed by atoms with E-state index in [0.717, 1.165) is 56.7 Å². The van der Waals surface area contributed by atoms with Crippen LogP contribution in [0.1, 0.15) is 48.9 Å². The number of hydrogen-bond donors (Lipinski definition) is 1. The van der Waals surface area contributed by atoms with Crippen molar-refractivity contribution in [1.29, 1.82) is 0 Å². The normalized spacial score (nSPS) is 19.1. The first kappa shape index (κ1) is 22.6. The van der Waals surface area contributed by atoms with Crippen LogP contribution < -0.4 is 5.32 Å². The fourth-order valence-electron chi connectivity index (χ4n) is 3.66. The first-order valence-corrected chi connectivity index (χ1v) is 11.7. The molecule has 1 saturated heterocycles. The number of nitrogens with zero attached hydrogens (tertiary/aromatic N) is 1. The molecule has 166 valence electrons. The first-order chi connectivity index (χ1) is 14.4. The molecule has 2 aliphatic rings. The molecule has 0 spiro atoms. The van der Waals surface area contributed by atoms with E-state index in [1.165, 1.54) is 4.31 Å². The van der Waals surface area contributed by atoms with Gasteiger partial charge in [-0.1, -0.05) is 25.7 Å². The van der Waals surface area contributed by atoms with E-state index in [-0.39, 0.29) is 37.2 Å². The van der Waals surface area contributed by atoms with Crippen LogP contribution in [0.15, 0.2) is 23.1 Å². The van der Waals surface area contributed by atoms with Crippen LogP contribution in [0.4, 0.5) is 4.39 Å². The third kappa shape index (κ3) is 5.77. The molecular formula is C20H27FN2O6S. The summed E-state index contributed by atoms with van der Waals surface area (Å²) in [7, 11) is -3.89. The molecule has 0 bridgehead atoms. The van der Waals surface area contributed by atoms with E-state index in [4.69, 9.17) is 9.47 Å². The predicted molar refractivity (Wildman–Crippen MR) is 106 cm³/mol. The van der Waals surface area contributed by atoms with Gasteiger partial charge in [0.25, 0.3) is 5.91 Å². The fraction of sp³-hybridized carbons (Fsp3) is 0.600. The molecule has 0 radical (unpaired) electrons. The number of nitrogens with one attached hydrogen (secondary N) is 1. The summed E-state index contributed by atoms with van der Waals surface area (Å²) >= 11 is 0. The lowest BCUT2D eigenvalue weighted by atomic mass is 10.1. The number of carbonyl (C=O) groups excluding carboxylic acids is 2. The van der Waals surface area contributed by atoms with Crippen molar-refractivity contribution in [2.75, 3.05) is 32.9 Å². The number of morpholine rings is 1. The average molecular weight is 443 g/mol. The number of amides is 1. The first-order valence-electron chi connectivity index (χ1n) is 10.2. The molecule has 1 aliphatic carbocycles. The summed E-state index contributed by atoms with van der Waals surface area (Å²) in [6, 6.07) is 3.02. The second-order valence-corrected chi connectivity index (χ2v) is 9.43. The van der Waals surface area contributed by atoms with Gasteiger partial charge in [-0.25, -0.2) is 17.6 Å². The van der Waals surface area contributed by atoms with E-state index >= 15 is 0 Å². The van der Waals surface area contributed by atoms with Gasteiger partial charge in [0.1, 0.15) is 5.82 Å². The lowest BCUT2D eigenvalue weighted by Crippen LogP contribution is -2.40. The molecule has 3 rings (SSSR count). The molecule has 10 heteroatoms. The van der Waals surface area contributed by atoms with Crippen LogP contribution in [-0.2, 0) is 24.3 Å². The summed E-state index contributed by atoms with van der Waals surface area (Å²) in [5, 5.41) is 2.83. The summed E-state index contributed by atoms with van der Waals surface area (Å²) in [6.07, 6.45) is 6.14. The highest BCUT2D eigenvalue weighted by molar-refractivity contribution is 7.89. The van der Waals surface area contributed by atoms with Crippen molar-refractivity contribution in [3.8, 4) is 0 Å². The molecule has 2 fully saturated rings. The van der Waals surface area contributed by atoms with Gasteiger partial charge < -0.3 is 14.8 Å². The molecule has 30 heavy (non-hydrogen) atoms.